The van der Waals surface area contributed by atoms with Crippen LogP contribution in [0.1, 0.15) is 24.1 Å². The summed E-state index contributed by atoms with van der Waals surface area (Å²) < 4.78 is 0.994. The summed E-state index contributed by atoms with van der Waals surface area (Å²) in [6.07, 6.45) is 0. The zero-order chi connectivity index (χ0) is 14.7. The van der Waals surface area contributed by atoms with Crippen LogP contribution in [0.4, 0.5) is 11.4 Å². The van der Waals surface area contributed by atoms with Crippen molar-refractivity contribution in [1.29, 1.82) is 5.26 Å². The molecule has 0 aliphatic heterocycles. The maximum Gasteiger partial charge on any atom is 0.0992 e. The van der Waals surface area contributed by atoms with E-state index in [1.807, 2.05) is 55.3 Å². The fourth-order valence-electron chi connectivity index (χ4n) is 2.03. The van der Waals surface area contributed by atoms with Gasteiger partial charge in [0.15, 0.2) is 0 Å². The second-order valence-corrected chi connectivity index (χ2v) is 5.57. The largest absolute Gasteiger partial charge is 0.345 e. The molecule has 0 heterocycles. The molecule has 0 amide bonds. The zero-order valence-electron chi connectivity index (χ0n) is 11.5. The Morgan fingerprint density at radius 1 is 1.20 bits per heavy atom. The van der Waals surface area contributed by atoms with Crippen LogP contribution in [0.25, 0.3) is 0 Å². The summed E-state index contributed by atoms with van der Waals surface area (Å²) in [5.41, 5.74) is 9.65. The standard InChI is InChI=1S/C16H16BrN3/c1-11(19)15-7-6-14(9-16(15)17)20(2)13-5-3-4-12(8-13)10-18/h3-9,11H,19H2,1-2H3/t11-/m0/s1. The van der Waals surface area contributed by atoms with Crippen molar-refractivity contribution in [3.63, 3.8) is 0 Å². The van der Waals surface area contributed by atoms with Gasteiger partial charge in [0.1, 0.15) is 0 Å². The highest BCUT2D eigenvalue weighted by Gasteiger charge is 2.09. The van der Waals surface area contributed by atoms with Crippen molar-refractivity contribution in [2.45, 2.75) is 13.0 Å². The number of hydrogen-bond acceptors (Lipinski definition) is 3. The third-order valence-corrected chi connectivity index (χ3v) is 3.91. The molecular weight excluding hydrogens is 314 g/mol. The van der Waals surface area contributed by atoms with Crippen LogP contribution < -0.4 is 10.6 Å². The minimum absolute atomic E-state index is 0.00866. The van der Waals surface area contributed by atoms with E-state index in [2.05, 4.69) is 22.0 Å². The molecule has 20 heavy (non-hydrogen) atoms. The van der Waals surface area contributed by atoms with Gasteiger partial charge >= 0.3 is 0 Å². The molecule has 0 radical (unpaired) electrons. The minimum Gasteiger partial charge on any atom is -0.345 e. The van der Waals surface area contributed by atoms with E-state index in [0.717, 1.165) is 21.4 Å². The number of benzene rings is 2. The maximum atomic E-state index is 8.97. The molecule has 0 unspecified atom stereocenters. The van der Waals surface area contributed by atoms with Gasteiger partial charge in [0, 0.05) is 28.9 Å². The Morgan fingerprint density at radius 2 is 1.90 bits per heavy atom. The summed E-state index contributed by atoms with van der Waals surface area (Å²) in [6, 6.07) is 15.8. The topological polar surface area (TPSA) is 53.0 Å². The Balaban J connectivity index is 2.36. The molecule has 0 aromatic heterocycles. The van der Waals surface area contributed by atoms with E-state index in [1.165, 1.54) is 0 Å². The van der Waals surface area contributed by atoms with Crippen molar-refractivity contribution in [1.82, 2.24) is 0 Å². The predicted octanol–water partition coefficient (Wildman–Crippen LogP) is 4.11. The molecule has 3 nitrogen and oxygen atoms in total. The van der Waals surface area contributed by atoms with Crippen LogP contribution >= 0.6 is 15.9 Å². The smallest absolute Gasteiger partial charge is 0.0992 e. The van der Waals surface area contributed by atoms with E-state index in [-0.39, 0.29) is 6.04 Å². The fraction of sp³-hybridized carbons (Fsp3) is 0.188. The van der Waals surface area contributed by atoms with Crippen LogP contribution in [0.5, 0.6) is 0 Å². The van der Waals surface area contributed by atoms with Gasteiger partial charge in [-0.1, -0.05) is 28.1 Å². The van der Waals surface area contributed by atoms with E-state index in [1.54, 1.807) is 6.07 Å². The lowest BCUT2D eigenvalue weighted by Crippen LogP contribution is -2.11. The first kappa shape index (κ1) is 14.6. The highest BCUT2D eigenvalue weighted by Crippen LogP contribution is 2.30. The van der Waals surface area contributed by atoms with Crippen LogP contribution in [0.15, 0.2) is 46.9 Å². The number of nitriles is 1. The highest BCUT2D eigenvalue weighted by atomic mass is 79.9. The predicted molar refractivity (Wildman–Crippen MR) is 86.0 cm³/mol. The summed E-state index contributed by atoms with van der Waals surface area (Å²) in [6.45, 7) is 1.96. The summed E-state index contributed by atoms with van der Waals surface area (Å²) >= 11 is 3.56. The number of halogens is 1. The van der Waals surface area contributed by atoms with Gasteiger partial charge in [-0.05, 0) is 42.8 Å². The quantitative estimate of drug-likeness (QED) is 0.921. The van der Waals surface area contributed by atoms with Gasteiger partial charge in [0.2, 0.25) is 0 Å². The Morgan fingerprint density at radius 3 is 2.50 bits per heavy atom. The van der Waals surface area contributed by atoms with Crippen LogP contribution in [0.2, 0.25) is 0 Å². The molecule has 0 saturated carbocycles. The van der Waals surface area contributed by atoms with Gasteiger partial charge in [0.05, 0.1) is 11.6 Å². The number of rotatable bonds is 3. The zero-order valence-corrected chi connectivity index (χ0v) is 13.1. The second kappa shape index (κ2) is 6.08. The average molecular weight is 330 g/mol. The fourth-order valence-corrected chi connectivity index (χ4v) is 2.75. The van der Waals surface area contributed by atoms with Crippen molar-refractivity contribution in [3.05, 3.63) is 58.1 Å². The summed E-state index contributed by atoms with van der Waals surface area (Å²) in [4.78, 5) is 2.04. The second-order valence-electron chi connectivity index (χ2n) is 4.72. The van der Waals surface area contributed by atoms with E-state index in [0.29, 0.717) is 5.56 Å². The molecular formula is C16H16BrN3. The number of nitrogens with two attached hydrogens (primary N) is 1. The van der Waals surface area contributed by atoms with Crippen LogP contribution in [-0.2, 0) is 0 Å². The van der Waals surface area contributed by atoms with Gasteiger partial charge in [0.25, 0.3) is 0 Å². The molecule has 0 spiro atoms. The van der Waals surface area contributed by atoms with E-state index >= 15 is 0 Å². The van der Waals surface area contributed by atoms with Crippen LogP contribution in [0.3, 0.4) is 0 Å². The monoisotopic (exact) mass is 329 g/mol. The highest BCUT2D eigenvalue weighted by molar-refractivity contribution is 9.10. The minimum atomic E-state index is -0.00866. The van der Waals surface area contributed by atoms with Gasteiger partial charge in [-0.15, -0.1) is 0 Å². The van der Waals surface area contributed by atoms with Gasteiger partial charge < -0.3 is 10.6 Å². The molecule has 0 fully saturated rings. The summed E-state index contributed by atoms with van der Waals surface area (Å²) in [7, 11) is 1.98. The van der Waals surface area contributed by atoms with Crippen LogP contribution in [-0.4, -0.2) is 7.05 Å². The summed E-state index contributed by atoms with van der Waals surface area (Å²) in [5.74, 6) is 0. The van der Waals surface area contributed by atoms with Crippen molar-refractivity contribution < 1.29 is 0 Å². The number of nitrogens with zero attached hydrogens (tertiary/aromatic N) is 2. The molecule has 2 rings (SSSR count). The third kappa shape index (κ3) is 3.01. The van der Waals surface area contributed by atoms with Crippen molar-refractivity contribution in [2.24, 2.45) is 5.73 Å². The Bertz CT molecular complexity index is 659. The normalized spacial score (nSPS) is 11.8. The molecule has 0 aliphatic carbocycles. The molecule has 2 N–H and O–H groups in total. The first-order valence-electron chi connectivity index (χ1n) is 6.32. The Hall–Kier alpha value is -1.83. The van der Waals surface area contributed by atoms with Crippen molar-refractivity contribution in [3.8, 4) is 6.07 Å². The lowest BCUT2D eigenvalue weighted by atomic mass is 10.1. The van der Waals surface area contributed by atoms with Crippen molar-refractivity contribution >= 4 is 27.3 Å². The lowest BCUT2D eigenvalue weighted by molar-refractivity contribution is 0.813. The number of anilines is 2. The molecule has 2 aromatic carbocycles. The molecule has 0 aliphatic rings. The molecule has 0 saturated heterocycles. The molecule has 102 valence electrons. The van der Waals surface area contributed by atoms with E-state index in [9.17, 15) is 0 Å². The van der Waals surface area contributed by atoms with Crippen molar-refractivity contribution in [2.75, 3.05) is 11.9 Å². The van der Waals surface area contributed by atoms with E-state index in [4.69, 9.17) is 11.0 Å². The van der Waals surface area contributed by atoms with Gasteiger partial charge in [-0.25, -0.2) is 0 Å². The van der Waals surface area contributed by atoms with Gasteiger partial charge in [-0.3, -0.25) is 0 Å². The average Bonchev–Trinajstić information content (AvgIpc) is 2.46. The molecule has 4 heteroatoms. The number of hydrogen-bond donors (Lipinski definition) is 1. The van der Waals surface area contributed by atoms with E-state index < -0.39 is 0 Å². The first-order chi connectivity index (χ1) is 9.52. The third-order valence-electron chi connectivity index (χ3n) is 3.22. The SMILES string of the molecule is C[C@H](N)c1ccc(N(C)c2cccc(C#N)c2)cc1Br. The molecule has 2 aromatic rings. The maximum absolute atomic E-state index is 8.97. The Kier molecular flexibility index (Phi) is 4.43. The van der Waals surface area contributed by atoms with Crippen LogP contribution in [0, 0.1) is 11.3 Å². The molecule has 0 bridgehead atoms. The van der Waals surface area contributed by atoms with Gasteiger partial charge in [-0.2, -0.15) is 5.26 Å². The summed E-state index contributed by atoms with van der Waals surface area (Å²) in [5, 5.41) is 8.97. The Labute approximate surface area is 127 Å². The molecule has 1 atom stereocenters. The first-order valence-corrected chi connectivity index (χ1v) is 7.11. The lowest BCUT2D eigenvalue weighted by Gasteiger charge is -2.21.